The molecule has 4 nitrogen and oxygen atoms in total. The van der Waals surface area contributed by atoms with Crippen molar-refractivity contribution in [3.63, 3.8) is 0 Å². The van der Waals surface area contributed by atoms with Gasteiger partial charge in [0.05, 0.1) is 11.6 Å². The van der Waals surface area contributed by atoms with Crippen LogP contribution in [0.1, 0.15) is 17.0 Å². The molecule has 0 aromatic carbocycles. The molecule has 0 atom stereocenters. The molecule has 0 bridgehead atoms. The zero-order valence-corrected chi connectivity index (χ0v) is 14.0. The Morgan fingerprint density at radius 1 is 1.27 bits per heavy atom. The molecule has 0 saturated heterocycles. The quantitative estimate of drug-likeness (QED) is 0.740. The molecule has 118 valence electrons. The molecule has 0 aliphatic heterocycles. The van der Waals surface area contributed by atoms with Gasteiger partial charge in [0.1, 0.15) is 15.3 Å². The molecule has 2 aromatic rings. The first-order valence-electron chi connectivity index (χ1n) is 5.76. The fraction of sp³-hybridized carbons (Fsp3) is 0.250. The van der Waals surface area contributed by atoms with E-state index in [1.54, 1.807) is 0 Å². The lowest BCUT2D eigenvalue weighted by Crippen LogP contribution is -2.25. The van der Waals surface area contributed by atoms with Gasteiger partial charge in [-0.3, -0.25) is 4.79 Å². The molecule has 0 saturated carbocycles. The summed E-state index contributed by atoms with van der Waals surface area (Å²) in [5.74, 6) is 0. The summed E-state index contributed by atoms with van der Waals surface area (Å²) in [6, 6.07) is 2.09. The van der Waals surface area contributed by atoms with E-state index in [0.29, 0.717) is 5.56 Å². The maximum atomic E-state index is 12.6. The molecule has 0 spiro atoms. The molecule has 0 aliphatic carbocycles. The molecule has 0 fully saturated rings. The highest BCUT2D eigenvalue weighted by molar-refractivity contribution is 9.10. The number of aryl methyl sites for hydroxylation is 1. The van der Waals surface area contributed by atoms with Gasteiger partial charge in [-0.1, -0.05) is 29.3 Å². The second-order valence-corrected chi connectivity index (χ2v) is 5.83. The van der Waals surface area contributed by atoms with E-state index >= 15 is 0 Å². The molecule has 10 heteroatoms. The monoisotopic (exact) mass is 415 g/mol. The minimum atomic E-state index is -4.52. The van der Waals surface area contributed by atoms with E-state index < -0.39 is 17.4 Å². The van der Waals surface area contributed by atoms with Gasteiger partial charge in [-0.2, -0.15) is 18.3 Å². The first-order valence-corrected chi connectivity index (χ1v) is 7.31. The van der Waals surface area contributed by atoms with Crippen LogP contribution in [0.2, 0.25) is 10.0 Å². The van der Waals surface area contributed by atoms with Gasteiger partial charge in [-0.15, -0.1) is 0 Å². The summed E-state index contributed by atoms with van der Waals surface area (Å²) in [7, 11) is 0. The molecule has 0 aliphatic rings. The van der Waals surface area contributed by atoms with Crippen LogP contribution in [0.5, 0.6) is 0 Å². The van der Waals surface area contributed by atoms with Crippen LogP contribution >= 0.6 is 39.1 Å². The summed E-state index contributed by atoms with van der Waals surface area (Å²) >= 11 is 14.6. The molecule has 2 heterocycles. The number of aromatic nitrogens is 3. The van der Waals surface area contributed by atoms with Crippen molar-refractivity contribution in [3.05, 3.63) is 54.1 Å². The fourth-order valence-electron chi connectivity index (χ4n) is 1.68. The Morgan fingerprint density at radius 3 is 2.45 bits per heavy atom. The van der Waals surface area contributed by atoms with Gasteiger partial charge >= 0.3 is 6.18 Å². The number of alkyl halides is 3. The van der Waals surface area contributed by atoms with Crippen LogP contribution in [0.4, 0.5) is 13.2 Å². The summed E-state index contributed by atoms with van der Waals surface area (Å²) < 4.78 is 38.9. The second-order valence-electron chi connectivity index (χ2n) is 4.32. The minimum Gasteiger partial charge on any atom is -0.266 e. The van der Waals surface area contributed by atoms with Gasteiger partial charge in [0, 0.05) is 5.69 Å². The van der Waals surface area contributed by atoms with Crippen molar-refractivity contribution in [1.29, 1.82) is 0 Å². The van der Waals surface area contributed by atoms with Gasteiger partial charge < -0.3 is 0 Å². The van der Waals surface area contributed by atoms with Crippen molar-refractivity contribution < 1.29 is 13.2 Å². The average molecular weight is 417 g/mol. The number of nitrogens with zero attached hydrogens (tertiary/aromatic N) is 3. The summed E-state index contributed by atoms with van der Waals surface area (Å²) in [5, 5.41) is 3.65. The number of pyridine rings is 1. The Labute approximate surface area is 141 Å². The maximum absolute atomic E-state index is 12.6. The molecule has 2 aromatic heterocycles. The summed E-state index contributed by atoms with van der Waals surface area (Å²) in [4.78, 5) is 15.4. The van der Waals surface area contributed by atoms with Crippen LogP contribution in [0, 0.1) is 6.92 Å². The first-order chi connectivity index (χ1) is 10.1. The molecular formula is C12H7BrCl2F3N3O. The Hall–Kier alpha value is -1.12. The van der Waals surface area contributed by atoms with Gasteiger partial charge in [0.25, 0.3) is 5.56 Å². The van der Waals surface area contributed by atoms with E-state index in [2.05, 4.69) is 26.0 Å². The van der Waals surface area contributed by atoms with Crippen LogP contribution in [0.3, 0.4) is 0 Å². The molecule has 0 amide bonds. The standard InChI is InChI=1S/C12H7BrCl2F3N3O/c1-5-6(2-3-7(19-5)12(16,17)18)4-21-11(22)9(15)8(14)10(13)20-21/h2-3H,4H2,1H3. The number of rotatable bonds is 2. The Balaban J connectivity index is 2.43. The van der Waals surface area contributed by atoms with E-state index in [0.717, 1.165) is 10.7 Å². The van der Waals surface area contributed by atoms with Crippen LogP contribution in [0.15, 0.2) is 21.5 Å². The van der Waals surface area contributed by atoms with Gasteiger partial charge in [0.15, 0.2) is 0 Å². The number of hydrogen-bond acceptors (Lipinski definition) is 3. The minimum absolute atomic E-state index is 0.0230. The van der Waals surface area contributed by atoms with Crippen LogP contribution in [-0.2, 0) is 12.7 Å². The SMILES string of the molecule is Cc1nc(C(F)(F)F)ccc1Cn1nc(Br)c(Cl)c(Cl)c1=O. The normalized spacial score (nSPS) is 11.8. The molecule has 0 N–H and O–H groups in total. The average Bonchev–Trinajstić information content (AvgIpc) is 2.43. The van der Waals surface area contributed by atoms with Crippen molar-refractivity contribution in [1.82, 2.24) is 14.8 Å². The lowest BCUT2D eigenvalue weighted by molar-refractivity contribution is -0.141. The molecule has 2 rings (SSSR count). The molecule has 0 radical (unpaired) electrons. The Morgan fingerprint density at radius 2 is 1.91 bits per heavy atom. The lowest BCUT2D eigenvalue weighted by atomic mass is 10.2. The topological polar surface area (TPSA) is 47.8 Å². The highest BCUT2D eigenvalue weighted by Crippen LogP contribution is 2.28. The van der Waals surface area contributed by atoms with E-state index in [1.165, 1.54) is 13.0 Å². The fourth-order valence-corrected chi connectivity index (χ4v) is 2.49. The lowest BCUT2D eigenvalue weighted by Gasteiger charge is -2.11. The number of hydrogen-bond donors (Lipinski definition) is 0. The van der Waals surface area contributed by atoms with E-state index in [4.69, 9.17) is 23.2 Å². The van der Waals surface area contributed by atoms with Crippen molar-refractivity contribution in [2.24, 2.45) is 0 Å². The predicted octanol–water partition coefficient (Wildman–Crippen LogP) is 4.08. The zero-order chi connectivity index (χ0) is 16.7. The largest absolute Gasteiger partial charge is 0.433 e. The Bertz CT molecular complexity index is 792. The second kappa shape index (κ2) is 6.17. The van der Waals surface area contributed by atoms with Gasteiger partial charge in [0.2, 0.25) is 0 Å². The summed E-state index contributed by atoms with van der Waals surface area (Å²) in [6.07, 6.45) is -4.52. The Kier molecular flexibility index (Phi) is 4.84. The van der Waals surface area contributed by atoms with Crippen molar-refractivity contribution in [3.8, 4) is 0 Å². The molecule has 22 heavy (non-hydrogen) atoms. The highest BCUT2D eigenvalue weighted by atomic mass is 79.9. The molecule has 0 unspecified atom stereocenters. The summed E-state index contributed by atoms with van der Waals surface area (Å²) in [5.41, 5.74) is -1.09. The first kappa shape index (κ1) is 17.2. The third-order valence-electron chi connectivity index (χ3n) is 2.81. The van der Waals surface area contributed by atoms with E-state index in [9.17, 15) is 18.0 Å². The highest BCUT2D eigenvalue weighted by Gasteiger charge is 2.32. The van der Waals surface area contributed by atoms with Crippen LogP contribution < -0.4 is 5.56 Å². The van der Waals surface area contributed by atoms with Gasteiger partial charge in [-0.05, 0) is 34.5 Å². The van der Waals surface area contributed by atoms with Crippen LogP contribution in [0.25, 0.3) is 0 Å². The van der Waals surface area contributed by atoms with E-state index in [-0.39, 0.29) is 26.9 Å². The smallest absolute Gasteiger partial charge is 0.266 e. The van der Waals surface area contributed by atoms with Crippen molar-refractivity contribution >= 4 is 39.1 Å². The van der Waals surface area contributed by atoms with E-state index in [1.807, 2.05) is 0 Å². The predicted molar refractivity (Wildman–Crippen MR) is 79.3 cm³/mol. The third-order valence-corrected chi connectivity index (χ3v) is 4.41. The molecular weight excluding hydrogens is 410 g/mol. The van der Waals surface area contributed by atoms with Gasteiger partial charge in [-0.25, -0.2) is 9.67 Å². The van der Waals surface area contributed by atoms with Crippen LogP contribution in [-0.4, -0.2) is 14.8 Å². The third kappa shape index (κ3) is 3.44. The van der Waals surface area contributed by atoms with Crippen molar-refractivity contribution in [2.45, 2.75) is 19.6 Å². The number of halogens is 6. The maximum Gasteiger partial charge on any atom is 0.433 e. The zero-order valence-electron chi connectivity index (χ0n) is 10.9. The van der Waals surface area contributed by atoms with Crippen molar-refractivity contribution in [2.75, 3.05) is 0 Å². The summed E-state index contributed by atoms with van der Waals surface area (Å²) in [6.45, 7) is 1.34.